The molecule has 0 aromatic heterocycles. The van der Waals surface area contributed by atoms with Gasteiger partial charge < -0.3 is 4.74 Å². The molecule has 1 aromatic rings. The van der Waals surface area contributed by atoms with Gasteiger partial charge in [0.1, 0.15) is 12.1 Å². The minimum atomic E-state index is -4.76. The number of nitrogens with one attached hydrogen (secondary N) is 2. The van der Waals surface area contributed by atoms with Crippen LogP contribution in [-0.2, 0) is 15.7 Å². The summed E-state index contributed by atoms with van der Waals surface area (Å²) in [6.07, 6.45) is -9.37. The van der Waals surface area contributed by atoms with Gasteiger partial charge in [-0.3, -0.25) is 10.4 Å². The summed E-state index contributed by atoms with van der Waals surface area (Å²) >= 11 is 0. The van der Waals surface area contributed by atoms with E-state index >= 15 is 0 Å². The zero-order chi connectivity index (χ0) is 18.1. The standard InChI is InChI=1S/C13H11F6N3O2/c1-24-11(23)10-20-8(9(21-22-10)13(17,18)19)6-2-4-7(5-3-6)12(14,15)16/h2-5,8-9,21H,1H3,(H,20,22)/t8-,9+/m1/s1. The first-order valence-corrected chi connectivity index (χ1v) is 6.45. The Morgan fingerprint density at radius 1 is 1.12 bits per heavy atom. The van der Waals surface area contributed by atoms with Crippen molar-refractivity contribution in [2.45, 2.75) is 24.4 Å². The minimum absolute atomic E-state index is 0.138. The van der Waals surface area contributed by atoms with Gasteiger partial charge in [0.05, 0.1) is 12.7 Å². The van der Waals surface area contributed by atoms with Crippen LogP contribution in [0.4, 0.5) is 26.3 Å². The van der Waals surface area contributed by atoms with Crippen molar-refractivity contribution in [3.8, 4) is 0 Å². The van der Waals surface area contributed by atoms with Gasteiger partial charge in [0.15, 0.2) is 0 Å². The van der Waals surface area contributed by atoms with E-state index in [0.717, 1.165) is 19.2 Å². The number of ether oxygens (including phenoxy) is 1. The summed E-state index contributed by atoms with van der Waals surface area (Å²) in [6.45, 7) is 0. The average Bonchev–Trinajstić information content (AvgIpc) is 2.52. The minimum Gasteiger partial charge on any atom is -0.463 e. The number of hydrazine groups is 1. The van der Waals surface area contributed by atoms with Crippen LogP contribution < -0.4 is 10.9 Å². The molecule has 132 valence electrons. The second-order valence-corrected chi connectivity index (χ2v) is 4.82. The number of benzene rings is 1. The molecule has 11 heteroatoms. The van der Waals surface area contributed by atoms with Crippen LogP contribution in [0.5, 0.6) is 0 Å². The predicted molar refractivity (Wildman–Crippen MR) is 69.8 cm³/mol. The fourth-order valence-electron chi connectivity index (χ4n) is 2.07. The van der Waals surface area contributed by atoms with Crippen LogP contribution in [0.3, 0.4) is 0 Å². The van der Waals surface area contributed by atoms with Crippen molar-refractivity contribution in [3.63, 3.8) is 0 Å². The van der Waals surface area contributed by atoms with Gasteiger partial charge in [-0.1, -0.05) is 12.1 Å². The van der Waals surface area contributed by atoms with E-state index in [4.69, 9.17) is 0 Å². The van der Waals surface area contributed by atoms with E-state index < -0.39 is 41.8 Å². The summed E-state index contributed by atoms with van der Waals surface area (Å²) in [5.74, 6) is -1.53. The Kier molecular flexibility index (Phi) is 4.74. The quantitative estimate of drug-likeness (QED) is 0.632. The SMILES string of the molecule is COC(=O)C1=N[C@H](c2ccc(C(F)(F)F)cc2)[C@@H](C(F)(F)F)NN1. The molecule has 0 saturated heterocycles. The van der Waals surface area contributed by atoms with Crippen LogP contribution in [-0.4, -0.2) is 31.1 Å². The number of hydrogen-bond donors (Lipinski definition) is 2. The molecule has 0 bridgehead atoms. The van der Waals surface area contributed by atoms with Crippen molar-refractivity contribution < 1.29 is 35.9 Å². The molecule has 0 amide bonds. The van der Waals surface area contributed by atoms with E-state index in [1.165, 1.54) is 0 Å². The monoisotopic (exact) mass is 355 g/mol. The van der Waals surface area contributed by atoms with Gasteiger partial charge in [-0.15, -0.1) is 0 Å². The number of carbonyl (C=O) groups is 1. The fraction of sp³-hybridized carbons (Fsp3) is 0.385. The lowest BCUT2D eigenvalue weighted by Crippen LogP contribution is -2.59. The Hall–Kier alpha value is -2.30. The van der Waals surface area contributed by atoms with Crippen LogP contribution >= 0.6 is 0 Å². The van der Waals surface area contributed by atoms with Crippen LogP contribution in [0.15, 0.2) is 29.3 Å². The molecule has 0 saturated carbocycles. The molecular formula is C13H11F6N3O2. The molecule has 24 heavy (non-hydrogen) atoms. The first-order chi connectivity index (χ1) is 11.0. The molecule has 0 fully saturated rings. The van der Waals surface area contributed by atoms with E-state index in [1.54, 1.807) is 0 Å². The number of rotatable bonds is 2. The number of aliphatic imine (C=N–C) groups is 1. The van der Waals surface area contributed by atoms with Crippen LogP contribution in [0.2, 0.25) is 0 Å². The molecular weight excluding hydrogens is 344 g/mol. The van der Waals surface area contributed by atoms with Gasteiger partial charge in [0, 0.05) is 0 Å². The normalized spacial score (nSPS) is 21.7. The molecule has 2 rings (SSSR count). The largest absolute Gasteiger partial charge is 0.463 e. The van der Waals surface area contributed by atoms with Gasteiger partial charge in [0.25, 0.3) is 0 Å². The van der Waals surface area contributed by atoms with Crippen LogP contribution in [0, 0.1) is 0 Å². The van der Waals surface area contributed by atoms with Gasteiger partial charge in [-0.2, -0.15) is 26.3 Å². The summed E-state index contributed by atoms with van der Waals surface area (Å²) in [5, 5.41) is 0. The lowest BCUT2D eigenvalue weighted by atomic mass is 9.97. The number of alkyl halides is 6. The third-order valence-electron chi connectivity index (χ3n) is 3.24. The predicted octanol–water partition coefficient (Wildman–Crippen LogP) is 2.36. The third kappa shape index (κ3) is 3.78. The molecule has 1 aliphatic rings. The summed E-state index contributed by atoms with van der Waals surface area (Å²) in [5.41, 5.74) is 2.73. The maximum Gasteiger partial charge on any atom is 0.416 e. The number of halogens is 6. The van der Waals surface area contributed by atoms with Gasteiger partial charge in [0.2, 0.25) is 5.84 Å². The molecule has 5 nitrogen and oxygen atoms in total. The van der Waals surface area contributed by atoms with Crippen molar-refractivity contribution in [1.82, 2.24) is 10.9 Å². The highest BCUT2D eigenvalue weighted by Crippen LogP contribution is 2.36. The average molecular weight is 355 g/mol. The Bertz CT molecular complexity index is 639. The van der Waals surface area contributed by atoms with Crippen LogP contribution in [0.1, 0.15) is 17.2 Å². The Labute approximate surface area is 131 Å². The van der Waals surface area contributed by atoms with Crippen molar-refractivity contribution in [2.75, 3.05) is 7.11 Å². The highest BCUT2D eigenvalue weighted by molar-refractivity contribution is 6.35. The third-order valence-corrected chi connectivity index (χ3v) is 3.24. The Morgan fingerprint density at radius 3 is 2.17 bits per heavy atom. The zero-order valence-corrected chi connectivity index (χ0v) is 12.0. The maximum atomic E-state index is 13.1. The number of amidine groups is 1. The smallest absolute Gasteiger partial charge is 0.416 e. The fourth-order valence-corrected chi connectivity index (χ4v) is 2.07. The highest BCUT2D eigenvalue weighted by atomic mass is 19.4. The van der Waals surface area contributed by atoms with Crippen molar-refractivity contribution >= 4 is 11.8 Å². The molecule has 0 unspecified atom stereocenters. The van der Waals surface area contributed by atoms with E-state index in [-0.39, 0.29) is 5.56 Å². The van der Waals surface area contributed by atoms with Crippen molar-refractivity contribution in [1.29, 1.82) is 0 Å². The highest BCUT2D eigenvalue weighted by Gasteiger charge is 2.48. The summed E-state index contributed by atoms with van der Waals surface area (Å²) < 4.78 is 81.3. The van der Waals surface area contributed by atoms with E-state index in [9.17, 15) is 31.1 Å². The lowest BCUT2D eigenvalue weighted by molar-refractivity contribution is -0.164. The Balaban J connectivity index is 2.42. The van der Waals surface area contributed by atoms with E-state index in [0.29, 0.717) is 12.1 Å². The number of carbonyl (C=O) groups excluding carboxylic acids is 1. The van der Waals surface area contributed by atoms with Gasteiger partial charge in [-0.25, -0.2) is 10.2 Å². The molecule has 1 aromatic carbocycles. The van der Waals surface area contributed by atoms with Gasteiger partial charge >= 0.3 is 18.3 Å². The lowest BCUT2D eigenvalue weighted by Gasteiger charge is -2.32. The molecule has 1 aliphatic heterocycles. The summed E-state index contributed by atoms with van der Waals surface area (Å²) in [4.78, 5) is 15.0. The molecule has 2 atom stereocenters. The molecule has 2 N–H and O–H groups in total. The summed E-state index contributed by atoms with van der Waals surface area (Å²) in [6, 6.07) is -0.809. The Morgan fingerprint density at radius 2 is 1.71 bits per heavy atom. The molecule has 0 spiro atoms. The number of esters is 1. The number of hydrogen-bond acceptors (Lipinski definition) is 5. The van der Waals surface area contributed by atoms with Gasteiger partial charge in [-0.05, 0) is 17.7 Å². The summed E-state index contributed by atoms with van der Waals surface area (Å²) in [7, 11) is 1.01. The number of nitrogens with zero attached hydrogens (tertiary/aromatic N) is 1. The van der Waals surface area contributed by atoms with Crippen molar-refractivity contribution in [2.24, 2.45) is 4.99 Å². The van der Waals surface area contributed by atoms with E-state index in [1.807, 2.05) is 10.9 Å². The first kappa shape index (κ1) is 18.0. The number of methoxy groups -OCH3 is 1. The zero-order valence-electron chi connectivity index (χ0n) is 12.0. The second kappa shape index (κ2) is 6.30. The first-order valence-electron chi connectivity index (χ1n) is 6.45. The van der Waals surface area contributed by atoms with E-state index in [2.05, 4.69) is 9.73 Å². The molecule has 0 radical (unpaired) electrons. The molecule has 1 heterocycles. The second-order valence-electron chi connectivity index (χ2n) is 4.82. The maximum absolute atomic E-state index is 13.1. The molecule has 0 aliphatic carbocycles. The van der Waals surface area contributed by atoms with Crippen LogP contribution in [0.25, 0.3) is 0 Å². The van der Waals surface area contributed by atoms with Crippen molar-refractivity contribution in [3.05, 3.63) is 35.4 Å². The topological polar surface area (TPSA) is 62.7 Å².